The van der Waals surface area contributed by atoms with Crippen LogP contribution < -0.4 is 4.74 Å². The molecule has 0 radical (unpaired) electrons. The maximum atomic E-state index is 5.80. The molecule has 0 saturated carbocycles. The van der Waals surface area contributed by atoms with E-state index in [1.54, 1.807) is 0 Å². The summed E-state index contributed by atoms with van der Waals surface area (Å²) in [6.07, 6.45) is 5.08. The maximum absolute atomic E-state index is 5.80. The largest absolute Gasteiger partial charge is 0.493 e. The van der Waals surface area contributed by atoms with Gasteiger partial charge in [-0.25, -0.2) is 0 Å². The predicted molar refractivity (Wildman–Crippen MR) is 80.0 cm³/mol. The Morgan fingerprint density at radius 3 is 2.80 bits per heavy atom. The van der Waals surface area contributed by atoms with E-state index in [4.69, 9.17) is 4.74 Å². The number of aromatic nitrogens is 3. The first-order valence-corrected chi connectivity index (χ1v) is 6.97. The molecule has 104 valence electrons. The van der Waals surface area contributed by atoms with Crippen molar-refractivity contribution in [2.75, 3.05) is 6.61 Å². The number of aryl methyl sites for hydroxylation is 1. The van der Waals surface area contributed by atoms with Crippen molar-refractivity contribution >= 4 is 10.9 Å². The smallest absolute Gasteiger partial charge is 0.128 e. The Hall–Kier alpha value is -2.23. The van der Waals surface area contributed by atoms with Gasteiger partial charge in [0.05, 0.1) is 24.4 Å². The molecule has 0 unspecified atom stereocenters. The zero-order valence-electron chi connectivity index (χ0n) is 11.9. The number of rotatable bonds is 5. The molecule has 3 rings (SSSR count). The molecular weight excluding hydrogens is 250 g/mol. The summed E-state index contributed by atoms with van der Waals surface area (Å²) < 4.78 is 9.84. The zero-order valence-corrected chi connectivity index (χ0v) is 11.9. The van der Waals surface area contributed by atoms with Crippen molar-refractivity contribution in [3.63, 3.8) is 0 Å². The predicted octanol–water partition coefficient (Wildman–Crippen LogP) is 3.21. The van der Waals surface area contributed by atoms with Crippen molar-refractivity contribution in [1.82, 2.24) is 14.3 Å². The third-order valence-electron chi connectivity index (χ3n) is 3.34. The Morgan fingerprint density at radius 2 is 2.05 bits per heavy atom. The summed E-state index contributed by atoms with van der Waals surface area (Å²) in [4.78, 5) is 0. The normalized spacial score (nSPS) is 11.1. The zero-order chi connectivity index (χ0) is 13.9. The lowest BCUT2D eigenvalue weighted by atomic mass is 10.2. The van der Waals surface area contributed by atoms with Gasteiger partial charge in [-0.2, -0.15) is 5.10 Å². The highest BCUT2D eigenvalue weighted by molar-refractivity contribution is 5.86. The number of hydrogen-bond acceptors (Lipinski definition) is 2. The topological polar surface area (TPSA) is 32.0 Å². The quantitative estimate of drug-likeness (QED) is 0.712. The molecule has 0 N–H and O–H groups in total. The van der Waals surface area contributed by atoms with Crippen LogP contribution in [0.5, 0.6) is 5.75 Å². The SMILES string of the molecule is CCCOc1cccc2c1ccn2Cc1ccn(C)n1. The number of nitrogens with zero attached hydrogens (tertiary/aromatic N) is 3. The molecule has 0 aliphatic rings. The fraction of sp³-hybridized carbons (Fsp3) is 0.312. The second-order valence-electron chi connectivity index (χ2n) is 4.96. The van der Waals surface area contributed by atoms with Crippen LogP contribution >= 0.6 is 0 Å². The van der Waals surface area contributed by atoms with Crippen molar-refractivity contribution < 1.29 is 4.74 Å². The first-order valence-electron chi connectivity index (χ1n) is 6.97. The van der Waals surface area contributed by atoms with Gasteiger partial charge in [-0.3, -0.25) is 4.68 Å². The first kappa shape index (κ1) is 12.8. The number of fused-ring (bicyclic) bond motifs is 1. The van der Waals surface area contributed by atoms with Crippen molar-refractivity contribution in [3.05, 3.63) is 48.4 Å². The van der Waals surface area contributed by atoms with E-state index in [0.29, 0.717) is 0 Å². The maximum Gasteiger partial charge on any atom is 0.128 e. The number of ether oxygens (including phenoxy) is 1. The molecule has 0 bridgehead atoms. The molecular formula is C16H19N3O. The van der Waals surface area contributed by atoms with Gasteiger partial charge >= 0.3 is 0 Å². The van der Waals surface area contributed by atoms with Crippen LogP contribution in [0.2, 0.25) is 0 Å². The van der Waals surface area contributed by atoms with Crippen molar-refractivity contribution in [3.8, 4) is 5.75 Å². The molecule has 4 nitrogen and oxygen atoms in total. The summed E-state index contributed by atoms with van der Waals surface area (Å²) in [6.45, 7) is 3.65. The summed E-state index contributed by atoms with van der Waals surface area (Å²) in [5, 5.41) is 5.59. The Balaban J connectivity index is 1.92. The van der Waals surface area contributed by atoms with Crippen molar-refractivity contribution in [2.45, 2.75) is 19.9 Å². The Kier molecular flexibility index (Phi) is 3.46. The summed E-state index contributed by atoms with van der Waals surface area (Å²) >= 11 is 0. The highest BCUT2D eigenvalue weighted by Crippen LogP contribution is 2.27. The Bertz CT molecular complexity index is 711. The van der Waals surface area contributed by atoms with Gasteiger partial charge in [0.2, 0.25) is 0 Å². The molecule has 0 saturated heterocycles. The van der Waals surface area contributed by atoms with Gasteiger partial charge in [0, 0.05) is 24.8 Å². The van der Waals surface area contributed by atoms with Crippen LogP contribution in [0.3, 0.4) is 0 Å². The summed E-state index contributed by atoms with van der Waals surface area (Å²) in [6, 6.07) is 10.4. The van der Waals surface area contributed by atoms with E-state index in [1.807, 2.05) is 36.1 Å². The fourth-order valence-electron chi connectivity index (χ4n) is 2.39. The van der Waals surface area contributed by atoms with Gasteiger partial charge < -0.3 is 9.30 Å². The van der Waals surface area contributed by atoms with Gasteiger partial charge in [0.1, 0.15) is 5.75 Å². The second-order valence-corrected chi connectivity index (χ2v) is 4.96. The second kappa shape index (κ2) is 5.41. The molecule has 0 amide bonds. The van der Waals surface area contributed by atoms with E-state index in [9.17, 15) is 0 Å². The average molecular weight is 269 g/mol. The molecule has 0 aliphatic heterocycles. The molecule has 4 heteroatoms. The Labute approximate surface area is 118 Å². The minimum Gasteiger partial charge on any atom is -0.493 e. The third kappa shape index (κ3) is 2.41. The van der Waals surface area contributed by atoms with Crippen molar-refractivity contribution in [1.29, 1.82) is 0 Å². The van der Waals surface area contributed by atoms with Crippen LogP contribution in [-0.4, -0.2) is 21.0 Å². The van der Waals surface area contributed by atoms with E-state index in [-0.39, 0.29) is 0 Å². The molecule has 20 heavy (non-hydrogen) atoms. The minimum atomic E-state index is 0.754. The monoisotopic (exact) mass is 269 g/mol. The first-order chi connectivity index (χ1) is 9.78. The van der Waals surface area contributed by atoms with Crippen LogP contribution in [0, 0.1) is 0 Å². The van der Waals surface area contributed by atoms with Crippen LogP contribution in [-0.2, 0) is 13.6 Å². The summed E-state index contributed by atoms with van der Waals surface area (Å²) in [5.74, 6) is 0.962. The van der Waals surface area contributed by atoms with E-state index in [1.165, 1.54) is 5.52 Å². The highest BCUT2D eigenvalue weighted by atomic mass is 16.5. The van der Waals surface area contributed by atoms with Crippen LogP contribution in [0.25, 0.3) is 10.9 Å². The molecule has 2 aromatic heterocycles. The molecule has 0 spiro atoms. The van der Waals surface area contributed by atoms with Gasteiger partial charge in [0.15, 0.2) is 0 Å². The molecule has 0 aliphatic carbocycles. The molecule has 1 aromatic carbocycles. The van der Waals surface area contributed by atoms with Gasteiger partial charge in [-0.05, 0) is 30.7 Å². The van der Waals surface area contributed by atoms with E-state index >= 15 is 0 Å². The lowest BCUT2D eigenvalue weighted by molar-refractivity contribution is 0.321. The fourth-order valence-corrected chi connectivity index (χ4v) is 2.39. The average Bonchev–Trinajstić information content (AvgIpc) is 3.04. The van der Waals surface area contributed by atoms with E-state index < -0.39 is 0 Å². The molecule has 3 aromatic rings. The van der Waals surface area contributed by atoms with E-state index in [0.717, 1.165) is 36.4 Å². The Morgan fingerprint density at radius 1 is 1.15 bits per heavy atom. The molecule has 0 atom stereocenters. The third-order valence-corrected chi connectivity index (χ3v) is 3.34. The molecule has 0 fully saturated rings. The van der Waals surface area contributed by atoms with E-state index in [2.05, 4.69) is 34.9 Å². The highest BCUT2D eigenvalue weighted by Gasteiger charge is 2.07. The summed E-state index contributed by atoms with van der Waals surface area (Å²) in [7, 11) is 1.94. The van der Waals surface area contributed by atoms with Crippen LogP contribution in [0.15, 0.2) is 42.7 Å². The van der Waals surface area contributed by atoms with Crippen molar-refractivity contribution in [2.24, 2.45) is 7.05 Å². The van der Waals surface area contributed by atoms with Gasteiger partial charge in [-0.1, -0.05) is 13.0 Å². The minimum absolute atomic E-state index is 0.754. The number of hydrogen-bond donors (Lipinski definition) is 0. The number of benzene rings is 1. The van der Waals surface area contributed by atoms with Gasteiger partial charge in [-0.15, -0.1) is 0 Å². The van der Waals surface area contributed by atoms with Crippen LogP contribution in [0.4, 0.5) is 0 Å². The lowest BCUT2D eigenvalue weighted by Crippen LogP contribution is -2.00. The molecule has 2 heterocycles. The van der Waals surface area contributed by atoms with Gasteiger partial charge in [0.25, 0.3) is 0 Å². The standard InChI is InChI=1S/C16H19N3O/c1-3-11-20-16-6-4-5-15-14(16)8-10-19(15)12-13-7-9-18(2)17-13/h4-10H,3,11-12H2,1-2H3. The lowest BCUT2D eigenvalue weighted by Gasteiger charge is -2.07. The summed E-state index contributed by atoms with van der Waals surface area (Å²) in [5.41, 5.74) is 2.24. The van der Waals surface area contributed by atoms with Crippen LogP contribution in [0.1, 0.15) is 19.0 Å².